The SMILES string of the molecule is CC(CCC(=O)O)CNC(=O)NCCCNC1CC1. The van der Waals surface area contributed by atoms with Gasteiger partial charge in [0.1, 0.15) is 0 Å². The van der Waals surface area contributed by atoms with E-state index in [-0.39, 0.29) is 18.4 Å². The Balaban J connectivity index is 1.89. The van der Waals surface area contributed by atoms with Crippen molar-refractivity contribution in [2.24, 2.45) is 5.92 Å². The van der Waals surface area contributed by atoms with Crippen molar-refractivity contribution in [3.63, 3.8) is 0 Å². The fraction of sp³-hybridized carbons (Fsp3) is 0.846. The monoisotopic (exact) mass is 271 g/mol. The largest absolute Gasteiger partial charge is 0.481 e. The molecule has 19 heavy (non-hydrogen) atoms. The summed E-state index contributed by atoms with van der Waals surface area (Å²) in [5, 5.41) is 17.5. The molecule has 1 fully saturated rings. The smallest absolute Gasteiger partial charge is 0.314 e. The molecule has 0 aliphatic heterocycles. The van der Waals surface area contributed by atoms with Gasteiger partial charge in [-0.1, -0.05) is 6.92 Å². The Labute approximate surface area is 114 Å². The molecule has 0 spiro atoms. The summed E-state index contributed by atoms with van der Waals surface area (Å²) >= 11 is 0. The first-order valence-electron chi connectivity index (χ1n) is 7.05. The first-order valence-corrected chi connectivity index (χ1v) is 7.05. The van der Waals surface area contributed by atoms with E-state index in [1.165, 1.54) is 12.8 Å². The van der Waals surface area contributed by atoms with Gasteiger partial charge >= 0.3 is 12.0 Å². The molecular formula is C13H25N3O3. The van der Waals surface area contributed by atoms with Crippen molar-refractivity contribution < 1.29 is 14.7 Å². The van der Waals surface area contributed by atoms with Gasteiger partial charge in [-0.3, -0.25) is 4.79 Å². The number of carbonyl (C=O) groups excluding carboxylic acids is 1. The number of aliphatic carboxylic acids is 1. The van der Waals surface area contributed by atoms with Crippen molar-refractivity contribution in [2.75, 3.05) is 19.6 Å². The van der Waals surface area contributed by atoms with Gasteiger partial charge in [0.2, 0.25) is 0 Å². The first-order chi connectivity index (χ1) is 9.08. The molecular weight excluding hydrogens is 246 g/mol. The molecule has 1 aliphatic rings. The highest BCUT2D eigenvalue weighted by Gasteiger charge is 2.19. The highest BCUT2D eigenvalue weighted by atomic mass is 16.4. The van der Waals surface area contributed by atoms with Crippen LogP contribution in [-0.4, -0.2) is 42.8 Å². The number of carboxylic acids is 1. The predicted molar refractivity (Wildman–Crippen MR) is 73.1 cm³/mol. The number of carbonyl (C=O) groups is 2. The first kappa shape index (κ1) is 15.8. The molecule has 0 aromatic rings. The molecule has 1 unspecified atom stereocenters. The molecule has 0 bridgehead atoms. The van der Waals surface area contributed by atoms with Crippen LogP contribution in [0.25, 0.3) is 0 Å². The minimum absolute atomic E-state index is 0.150. The fourth-order valence-electron chi connectivity index (χ4n) is 1.69. The van der Waals surface area contributed by atoms with E-state index < -0.39 is 5.97 Å². The molecule has 0 saturated heterocycles. The van der Waals surface area contributed by atoms with Crippen molar-refractivity contribution in [1.82, 2.24) is 16.0 Å². The molecule has 0 aromatic heterocycles. The van der Waals surface area contributed by atoms with E-state index in [9.17, 15) is 9.59 Å². The second-order valence-corrected chi connectivity index (χ2v) is 5.26. The van der Waals surface area contributed by atoms with Crippen molar-refractivity contribution in [1.29, 1.82) is 0 Å². The zero-order valence-electron chi connectivity index (χ0n) is 11.6. The maximum Gasteiger partial charge on any atom is 0.314 e. The highest BCUT2D eigenvalue weighted by Crippen LogP contribution is 2.18. The van der Waals surface area contributed by atoms with Gasteiger partial charge in [0, 0.05) is 25.6 Å². The maximum absolute atomic E-state index is 11.4. The highest BCUT2D eigenvalue weighted by molar-refractivity contribution is 5.73. The summed E-state index contributed by atoms with van der Waals surface area (Å²) in [6.07, 6.45) is 4.22. The Bertz CT molecular complexity index is 293. The van der Waals surface area contributed by atoms with Crippen LogP contribution in [-0.2, 0) is 4.79 Å². The number of carboxylic acid groups (broad SMARTS) is 1. The van der Waals surface area contributed by atoms with Crippen LogP contribution in [0.5, 0.6) is 0 Å². The Morgan fingerprint density at radius 3 is 2.63 bits per heavy atom. The standard InChI is InChI=1S/C13H25N3O3/c1-10(3-6-12(17)18)9-16-13(19)15-8-2-7-14-11-4-5-11/h10-11,14H,2-9H2,1H3,(H,17,18)(H2,15,16,19). The van der Waals surface area contributed by atoms with Crippen LogP contribution in [0, 0.1) is 5.92 Å². The average Bonchev–Trinajstić information content (AvgIpc) is 3.17. The van der Waals surface area contributed by atoms with Crippen LogP contribution in [0.3, 0.4) is 0 Å². The van der Waals surface area contributed by atoms with E-state index in [0.717, 1.165) is 13.0 Å². The average molecular weight is 271 g/mol. The second-order valence-electron chi connectivity index (χ2n) is 5.26. The van der Waals surface area contributed by atoms with Crippen LogP contribution in [0.15, 0.2) is 0 Å². The van der Waals surface area contributed by atoms with Crippen LogP contribution in [0.4, 0.5) is 4.79 Å². The topological polar surface area (TPSA) is 90.5 Å². The number of amides is 2. The van der Waals surface area contributed by atoms with Gasteiger partial charge in [0.05, 0.1) is 0 Å². The van der Waals surface area contributed by atoms with Crippen LogP contribution in [0.1, 0.15) is 39.0 Å². The molecule has 2 amide bonds. The van der Waals surface area contributed by atoms with Crippen molar-refractivity contribution in [2.45, 2.75) is 45.1 Å². The third-order valence-corrected chi connectivity index (χ3v) is 3.11. The van der Waals surface area contributed by atoms with Crippen LogP contribution in [0.2, 0.25) is 0 Å². The summed E-state index contributed by atoms with van der Waals surface area (Å²) in [5.41, 5.74) is 0. The molecule has 0 radical (unpaired) electrons. The molecule has 1 rings (SSSR count). The lowest BCUT2D eigenvalue weighted by atomic mass is 10.1. The lowest BCUT2D eigenvalue weighted by Crippen LogP contribution is -2.39. The van der Waals surface area contributed by atoms with Gasteiger partial charge in [-0.05, 0) is 38.1 Å². The molecule has 0 heterocycles. The van der Waals surface area contributed by atoms with Crippen molar-refractivity contribution in [3.05, 3.63) is 0 Å². The minimum Gasteiger partial charge on any atom is -0.481 e. The summed E-state index contributed by atoms with van der Waals surface area (Å²) in [6, 6.07) is 0.539. The zero-order valence-corrected chi connectivity index (χ0v) is 11.6. The minimum atomic E-state index is -0.792. The predicted octanol–water partition coefficient (Wildman–Crippen LogP) is 0.929. The Hall–Kier alpha value is -1.30. The quantitative estimate of drug-likeness (QED) is 0.445. The lowest BCUT2D eigenvalue weighted by Gasteiger charge is -2.12. The van der Waals surface area contributed by atoms with Crippen molar-refractivity contribution >= 4 is 12.0 Å². The molecule has 110 valence electrons. The molecule has 1 saturated carbocycles. The van der Waals surface area contributed by atoms with E-state index in [1.807, 2.05) is 6.92 Å². The molecule has 1 atom stereocenters. The number of urea groups is 1. The summed E-state index contributed by atoms with van der Waals surface area (Å²) in [6.45, 7) is 4.05. The maximum atomic E-state index is 11.4. The van der Waals surface area contributed by atoms with Gasteiger partial charge < -0.3 is 21.1 Å². The van der Waals surface area contributed by atoms with Gasteiger partial charge in [0.15, 0.2) is 0 Å². The summed E-state index contributed by atoms with van der Waals surface area (Å²) in [7, 11) is 0. The van der Waals surface area contributed by atoms with E-state index in [0.29, 0.717) is 25.6 Å². The molecule has 4 N–H and O–H groups in total. The molecule has 6 heteroatoms. The third kappa shape index (κ3) is 9.30. The van der Waals surface area contributed by atoms with Gasteiger partial charge in [-0.2, -0.15) is 0 Å². The number of rotatable bonds is 10. The van der Waals surface area contributed by atoms with Gasteiger partial charge in [-0.25, -0.2) is 4.79 Å². The number of nitrogens with one attached hydrogen (secondary N) is 3. The third-order valence-electron chi connectivity index (χ3n) is 3.11. The normalized spacial score (nSPS) is 15.8. The van der Waals surface area contributed by atoms with E-state index >= 15 is 0 Å². The number of hydrogen-bond acceptors (Lipinski definition) is 3. The van der Waals surface area contributed by atoms with Gasteiger partial charge in [-0.15, -0.1) is 0 Å². The zero-order chi connectivity index (χ0) is 14.1. The summed E-state index contributed by atoms with van der Waals surface area (Å²) in [4.78, 5) is 21.8. The van der Waals surface area contributed by atoms with E-state index in [2.05, 4.69) is 16.0 Å². The van der Waals surface area contributed by atoms with Crippen LogP contribution < -0.4 is 16.0 Å². The van der Waals surface area contributed by atoms with Crippen LogP contribution >= 0.6 is 0 Å². The Kier molecular flexibility index (Phi) is 7.25. The van der Waals surface area contributed by atoms with Crippen molar-refractivity contribution in [3.8, 4) is 0 Å². The summed E-state index contributed by atoms with van der Waals surface area (Å²) in [5.74, 6) is -0.613. The second kappa shape index (κ2) is 8.74. The molecule has 1 aliphatic carbocycles. The van der Waals surface area contributed by atoms with E-state index in [1.54, 1.807) is 0 Å². The lowest BCUT2D eigenvalue weighted by molar-refractivity contribution is -0.137. The number of hydrogen-bond donors (Lipinski definition) is 4. The molecule has 0 aromatic carbocycles. The summed E-state index contributed by atoms with van der Waals surface area (Å²) < 4.78 is 0. The molecule has 6 nitrogen and oxygen atoms in total. The Morgan fingerprint density at radius 1 is 1.26 bits per heavy atom. The van der Waals surface area contributed by atoms with E-state index in [4.69, 9.17) is 5.11 Å². The fourth-order valence-corrected chi connectivity index (χ4v) is 1.69. The Morgan fingerprint density at radius 2 is 2.00 bits per heavy atom. The van der Waals surface area contributed by atoms with Gasteiger partial charge in [0.25, 0.3) is 0 Å².